The molecule has 0 saturated heterocycles. The van der Waals surface area contributed by atoms with Gasteiger partial charge >= 0.3 is 5.97 Å². The number of aliphatic hydroxyl groups excluding tert-OH is 2. The van der Waals surface area contributed by atoms with Gasteiger partial charge in [-0.25, -0.2) is 4.79 Å². The minimum atomic E-state index is -1.08. The third kappa shape index (κ3) is 4.34. The minimum absolute atomic E-state index is 0.113. The van der Waals surface area contributed by atoms with Gasteiger partial charge in [0.15, 0.2) is 12.4 Å². The molecule has 0 spiro atoms. The van der Waals surface area contributed by atoms with Crippen molar-refractivity contribution in [2.24, 2.45) is 0 Å². The molecule has 92 valence electrons. The Morgan fingerprint density at radius 2 is 2.00 bits per heavy atom. The van der Waals surface area contributed by atoms with E-state index in [4.69, 9.17) is 14.9 Å². The Bertz CT molecular complexity index is 362. The Morgan fingerprint density at radius 3 is 2.53 bits per heavy atom. The summed E-state index contributed by atoms with van der Waals surface area (Å²) in [6.45, 7) is -0.479. The summed E-state index contributed by atoms with van der Waals surface area (Å²) in [6.07, 6.45) is -1.81. The van der Waals surface area contributed by atoms with Gasteiger partial charge < -0.3 is 14.9 Å². The average molecular weight is 238 g/mol. The van der Waals surface area contributed by atoms with E-state index in [0.717, 1.165) is 0 Å². The van der Waals surface area contributed by atoms with Crippen molar-refractivity contribution in [1.29, 1.82) is 0 Å². The number of aliphatic hydroxyl groups is 2. The first-order valence-electron chi connectivity index (χ1n) is 5.17. The van der Waals surface area contributed by atoms with Crippen LogP contribution in [0, 0.1) is 0 Å². The maximum absolute atomic E-state index is 11.6. The summed E-state index contributed by atoms with van der Waals surface area (Å²) < 4.78 is 4.88. The van der Waals surface area contributed by atoms with Crippen LogP contribution in [0.1, 0.15) is 16.8 Å². The minimum Gasteiger partial charge on any atom is -0.451 e. The number of hydrogen-bond acceptors (Lipinski definition) is 5. The van der Waals surface area contributed by atoms with Crippen LogP contribution in [0.15, 0.2) is 30.3 Å². The summed E-state index contributed by atoms with van der Waals surface area (Å²) in [7, 11) is 0. The van der Waals surface area contributed by atoms with Gasteiger partial charge in [-0.1, -0.05) is 18.2 Å². The van der Waals surface area contributed by atoms with E-state index in [0.29, 0.717) is 11.8 Å². The van der Waals surface area contributed by atoms with Gasteiger partial charge in [-0.05, 0) is 12.1 Å². The van der Waals surface area contributed by atoms with Crippen molar-refractivity contribution in [1.82, 2.24) is 0 Å². The second kappa shape index (κ2) is 6.78. The Morgan fingerprint density at radius 1 is 1.35 bits per heavy atom. The molecule has 0 aliphatic heterocycles. The molecule has 0 saturated carbocycles. The number of ether oxygens (including phenoxy) is 1. The molecule has 1 aromatic carbocycles. The van der Waals surface area contributed by atoms with Crippen molar-refractivity contribution in [3.8, 4) is 0 Å². The van der Waals surface area contributed by atoms with Gasteiger partial charge in [0, 0.05) is 6.42 Å². The zero-order valence-corrected chi connectivity index (χ0v) is 9.15. The summed E-state index contributed by atoms with van der Waals surface area (Å²) >= 11 is 0. The normalized spacial score (nSPS) is 13.8. The zero-order valence-electron chi connectivity index (χ0n) is 9.15. The molecule has 5 nitrogen and oxygen atoms in total. The van der Waals surface area contributed by atoms with Crippen LogP contribution < -0.4 is 0 Å². The number of carbonyl (C=O) groups is 2. The number of aldehydes is 1. The number of carbonyl (C=O) groups excluding carboxylic acids is 2. The lowest BCUT2D eigenvalue weighted by molar-refractivity contribution is -0.117. The first kappa shape index (κ1) is 13.3. The quantitative estimate of drug-likeness (QED) is 0.544. The molecule has 5 heteroatoms. The molecule has 0 fully saturated rings. The van der Waals surface area contributed by atoms with Gasteiger partial charge in [0.05, 0.1) is 18.3 Å². The summed E-state index contributed by atoms with van der Waals surface area (Å²) in [4.78, 5) is 22.2. The highest BCUT2D eigenvalue weighted by Gasteiger charge is 2.18. The Hall–Kier alpha value is -1.72. The fourth-order valence-corrected chi connectivity index (χ4v) is 1.25. The van der Waals surface area contributed by atoms with Crippen LogP contribution in [-0.4, -0.2) is 41.3 Å². The molecule has 2 atom stereocenters. The molecule has 17 heavy (non-hydrogen) atoms. The lowest BCUT2D eigenvalue weighted by Crippen LogP contribution is -2.26. The fourth-order valence-electron chi connectivity index (χ4n) is 1.25. The Labute approximate surface area is 98.6 Å². The number of benzene rings is 1. The van der Waals surface area contributed by atoms with Crippen molar-refractivity contribution >= 4 is 12.3 Å². The second-order valence-electron chi connectivity index (χ2n) is 3.52. The van der Waals surface area contributed by atoms with E-state index < -0.39 is 24.8 Å². The monoisotopic (exact) mass is 238 g/mol. The van der Waals surface area contributed by atoms with Gasteiger partial charge in [0.1, 0.15) is 0 Å². The predicted octanol–water partition coefficient (Wildman–Crippen LogP) is 0.154. The van der Waals surface area contributed by atoms with Crippen LogP contribution in [0.2, 0.25) is 0 Å². The van der Waals surface area contributed by atoms with E-state index in [9.17, 15) is 9.59 Å². The SMILES string of the molecule is O=C[C@H](C[C@@H](O)CO)OC(=O)c1ccccc1. The summed E-state index contributed by atoms with van der Waals surface area (Å²) in [6, 6.07) is 8.23. The van der Waals surface area contributed by atoms with Crippen LogP contribution in [0.5, 0.6) is 0 Å². The molecular weight excluding hydrogens is 224 g/mol. The molecule has 0 aromatic heterocycles. The maximum Gasteiger partial charge on any atom is 0.338 e. The Kier molecular flexibility index (Phi) is 5.32. The summed E-state index contributed by atoms with van der Waals surface area (Å²) in [5, 5.41) is 17.8. The molecule has 1 aromatic rings. The third-order valence-corrected chi connectivity index (χ3v) is 2.13. The predicted molar refractivity (Wildman–Crippen MR) is 59.4 cm³/mol. The highest BCUT2D eigenvalue weighted by atomic mass is 16.5. The smallest absolute Gasteiger partial charge is 0.338 e. The first-order chi connectivity index (χ1) is 8.17. The highest BCUT2D eigenvalue weighted by molar-refractivity contribution is 5.90. The maximum atomic E-state index is 11.6. The van der Waals surface area contributed by atoms with E-state index in [2.05, 4.69) is 0 Å². The molecule has 0 aliphatic rings. The first-order valence-corrected chi connectivity index (χ1v) is 5.17. The van der Waals surface area contributed by atoms with Crippen LogP contribution >= 0.6 is 0 Å². The molecular formula is C12H14O5. The van der Waals surface area contributed by atoms with Crippen molar-refractivity contribution in [2.45, 2.75) is 18.6 Å². The average Bonchev–Trinajstić information content (AvgIpc) is 2.38. The van der Waals surface area contributed by atoms with Gasteiger partial charge in [-0.3, -0.25) is 4.79 Å². The standard InChI is InChI=1S/C12H14O5/c13-7-10(15)6-11(8-14)17-12(16)9-4-2-1-3-5-9/h1-5,8,10-11,13,15H,6-7H2/t10-,11+/m1/s1. The van der Waals surface area contributed by atoms with E-state index in [1.807, 2.05) is 0 Å². The molecule has 0 aliphatic carbocycles. The van der Waals surface area contributed by atoms with Crippen molar-refractivity contribution in [3.05, 3.63) is 35.9 Å². The zero-order chi connectivity index (χ0) is 12.7. The highest BCUT2D eigenvalue weighted by Crippen LogP contribution is 2.06. The topological polar surface area (TPSA) is 83.8 Å². The molecule has 1 rings (SSSR count). The Balaban J connectivity index is 2.57. The van der Waals surface area contributed by atoms with Crippen LogP contribution in [0.4, 0.5) is 0 Å². The van der Waals surface area contributed by atoms with Gasteiger partial charge in [0.2, 0.25) is 0 Å². The van der Waals surface area contributed by atoms with Crippen LogP contribution in [-0.2, 0) is 9.53 Å². The van der Waals surface area contributed by atoms with Crippen LogP contribution in [0.25, 0.3) is 0 Å². The molecule has 0 amide bonds. The largest absolute Gasteiger partial charge is 0.451 e. The summed E-state index contributed by atoms with van der Waals surface area (Å²) in [5.41, 5.74) is 0.331. The molecule has 0 radical (unpaired) electrons. The van der Waals surface area contributed by atoms with E-state index in [-0.39, 0.29) is 6.42 Å². The molecule has 0 unspecified atom stereocenters. The van der Waals surface area contributed by atoms with Crippen molar-refractivity contribution in [2.75, 3.05) is 6.61 Å². The second-order valence-corrected chi connectivity index (χ2v) is 3.52. The van der Waals surface area contributed by atoms with E-state index >= 15 is 0 Å². The van der Waals surface area contributed by atoms with E-state index in [1.165, 1.54) is 0 Å². The lowest BCUT2D eigenvalue weighted by atomic mass is 10.2. The van der Waals surface area contributed by atoms with Gasteiger partial charge in [0.25, 0.3) is 0 Å². The number of esters is 1. The van der Waals surface area contributed by atoms with Crippen molar-refractivity contribution in [3.63, 3.8) is 0 Å². The lowest BCUT2D eigenvalue weighted by Gasteiger charge is -2.14. The van der Waals surface area contributed by atoms with Crippen molar-refractivity contribution < 1.29 is 24.5 Å². The molecule has 0 bridgehead atoms. The van der Waals surface area contributed by atoms with Crippen LogP contribution in [0.3, 0.4) is 0 Å². The van der Waals surface area contributed by atoms with Gasteiger partial charge in [-0.15, -0.1) is 0 Å². The fraction of sp³-hybridized carbons (Fsp3) is 0.333. The molecule has 0 heterocycles. The third-order valence-electron chi connectivity index (χ3n) is 2.13. The number of rotatable bonds is 6. The summed E-state index contributed by atoms with van der Waals surface area (Å²) in [5.74, 6) is -0.632. The molecule has 2 N–H and O–H groups in total. The number of hydrogen-bond donors (Lipinski definition) is 2. The van der Waals surface area contributed by atoms with E-state index in [1.54, 1.807) is 30.3 Å². The van der Waals surface area contributed by atoms with Gasteiger partial charge in [-0.2, -0.15) is 0 Å².